The van der Waals surface area contributed by atoms with E-state index in [2.05, 4.69) is 96.4 Å². The molecule has 2 heteroatoms. The quantitative estimate of drug-likeness (QED) is 0.535. The summed E-state index contributed by atoms with van der Waals surface area (Å²) in [7, 11) is 1.71. The van der Waals surface area contributed by atoms with Gasteiger partial charge in [-0.2, -0.15) is 0 Å². The first kappa shape index (κ1) is 17.0. The molecule has 1 heterocycles. The molecule has 1 aliphatic heterocycles. The highest BCUT2D eigenvalue weighted by Crippen LogP contribution is 2.53. The maximum atomic E-state index is 5.31. The lowest BCUT2D eigenvalue weighted by molar-refractivity contribution is 0.414. The van der Waals surface area contributed by atoms with Gasteiger partial charge in [-0.1, -0.05) is 78.9 Å². The summed E-state index contributed by atoms with van der Waals surface area (Å²) in [4.78, 5) is 0. The van der Waals surface area contributed by atoms with E-state index in [-0.39, 0.29) is 4.75 Å². The zero-order valence-electron chi connectivity index (χ0n) is 14.8. The Kier molecular flexibility index (Phi) is 4.85. The number of methoxy groups -OCH3 is 1. The van der Waals surface area contributed by atoms with Gasteiger partial charge < -0.3 is 4.74 Å². The van der Waals surface area contributed by atoms with Crippen LogP contribution in [0.2, 0.25) is 0 Å². The lowest BCUT2D eigenvalue weighted by atomic mass is 9.80. The summed E-state index contributed by atoms with van der Waals surface area (Å²) >= 11 is 1.92. The summed E-state index contributed by atoms with van der Waals surface area (Å²) in [5.41, 5.74) is 4.05. The van der Waals surface area contributed by atoms with Crippen LogP contribution in [0.4, 0.5) is 0 Å². The molecule has 0 saturated heterocycles. The Morgan fingerprint density at radius 2 is 1.38 bits per heavy atom. The highest BCUT2D eigenvalue weighted by atomic mass is 32.2. The fourth-order valence-corrected chi connectivity index (χ4v) is 5.03. The van der Waals surface area contributed by atoms with Gasteiger partial charge in [0, 0.05) is 5.92 Å². The summed E-state index contributed by atoms with van der Waals surface area (Å²) in [6.45, 7) is 0. The van der Waals surface area contributed by atoms with Crippen molar-refractivity contribution in [3.05, 3.63) is 113 Å². The van der Waals surface area contributed by atoms with Crippen molar-refractivity contribution >= 4 is 11.8 Å². The molecule has 0 aliphatic carbocycles. The van der Waals surface area contributed by atoms with Gasteiger partial charge in [0.15, 0.2) is 0 Å². The summed E-state index contributed by atoms with van der Waals surface area (Å²) in [5.74, 6) is 1.28. The summed E-state index contributed by atoms with van der Waals surface area (Å²) < 4.78 is 5.25. The van der Waals surface area contributed by atoms with Crippen molar-refractivity contribution in [2.75, 3.05) is 7.11 Å². The van der Waals surface area contributed by atoms with Crippen molar-refractivity contribution in [3.8, 4) is 5.75 Å². The third-order valence-electron chi connectivity index (χ3n) is 5.11. The fourth-order valence-electron chi connectivity index (χ4n) is 3.71. The van der Waals surface area contributed by atoms with Crippen molar-refractivity contribution in [2.24, 2.45) is 0 Å². The molecular weight excluding hydrogens is 336 g/mol. The molecule has 3 aromatic rings. The highest BCUT2D eigenvalue weighted by molar-refractivity contribution is 8.03. The molecule has 0 fully saturated rings. The van der Waals surface area contributed by atoms with E-state index in [9.17, 15) is 0 Å². The Balaban J connectivity index is 1.76. The molecule has 1 nitrogen and oxygen atoms in total. The maximum absolute atomic E-state index is 5.31. The lowest BCUT2D eigenvalue weighted by Crippen LogP contribution is -2.27. The number of thioether (sulfide) groups is 1. The smallest absolute Gasteiger partial charge is 0.118 e. The Morgan fingerprint density at radius 3 is 1.92 bits per heavy atom. The zero-order valence-corrected chi connectivity index (χ0v) is 15.7. The maximum Gasteiger partial charge on any atom is 0.118 e. The normalized spacial score (nSPS) is 18.4. The predicted molar refractivity (Wildman–Crippen MR) is 111 cm³/mol. The van der Waals surface area contributed by atoms with E-state index in [0.29, 0.717) is 5.92 Å². The average molecular weight is 359 g/mol. The van der Waals surface area contributed by atoms with Gasteiger partial charge in [0.1, 0.15) is 5.75 Å². The minimum absolute atomic E-state index is 0.0676. The van der Waals surface area contributed by atoms with E-state index in [1.165, 1.54) is 16.7 Å². The molecule has 130 valence electrons. The third-order valence-corrected chi connectivity index (χ3v) is 6.45. The fraction of sp³-hybridized carbons (Fsp3) is 0.167. The second-order valence-corrected chi connectivity index (χ2v) is 7.79. The van der Waals surface area contributed by atoms with E-state index >= 15 is 0 Å². The second kappa shape index (κ2) is 7.43. The molecule has 4 rings (SSSR count). The van der Waals surface area contributed by atoms with Crippen molar-refractivity contribution in [1.29, 1.82) is 0 Å². The van der Waals surface area contributed by atoms with Crippen molar-refractivity contribution in [1.82, 2.24) is 0 Å². The molecule has 0 aromatic heterocycles. The third kappa shape index (κ3) is 3.17. The summed E-state index contributed by atoms with van der Waals surface area (Å²) in [6, 6.07) is 30.2. The molecule has 0 N–H and O–H groups in total. The van der Waals surface area contributed by atoms with Gasteiger partial charge in [-0.25, -0.2) is 0 Å². The van der Waals surface area contributed by atoms with Crippen molar-refractivity contribution in [2.45, 2.75) is 17.1 Å². The minimum atomic E-state index is -0.0676. The van der Waals surface area contributed by atoms with Crippen LogP contribution in [0.15, 0.2) is 96.4 Å². The van der Waals surface area contributed by atoms with Crippen LogP contribution in [0.25, 0.3) is 0 Å². The van der Waals surface area contributed by atoms with Crippen LogP contribution in [0.3, 0.4) is 0 Å². The standard InChI is InChI=1S/C24H22OS/c1-25-23-14-12-19(13-15-23)20-16-17-26-24(18-20,21-8-4-2-5-9-21)22-10-6-3-7-11-22/h2-17,20H,18H2,1H3. The van der Waals surface area contributed by atoms with Gasteiger partial charge in [-0.3, -0.25) is 0 Å². The average Bonchev–Trinajstić information content (AvgIpc) is 2.75. The lowest BCUT2D eigenvalue weighted by Gasteiger charge is -2.39. The van der Waals surface area contributed by atoms with E-state index in [4.69, 9.17) is 4.74 Å². The number of hydrogen-bond donors (Lipinski definition) is 0. The Hall–Kier alpha value is -2.45. The monoisotopic (exact) mass is 358 g/mol. The predicted octanol–water partition coefficient (Wildman–Crippen LogP) is 6.37. The molecule has 0 amide bonds. The van der Waals surface area contributed by atoms with E-state index < -0.39 is 0 Å². The van der Waals surface area contributed by atoms with Crippen LogP contribution >= 0.6 is 11.8 Å². The van der Waals surface area contributed by atoms with Crippen LogP contribution in [-0.2, 0) is 4.75 Å². The molecule has 0 radical (unpaired) electrons. The molecule has 3 aromatic carbocycles. The van der Waals surface area contributed by atoms with Crippen LogP contribution < -0.4 is 4.74 Å². The summed E-state index contributed by atoms with van der Waals surface area (Å²) in [5, 5.41) is 2.28. The first-order valence-corrected chi connectivity index (χ1v) is 9.79. The molecule has 1 atom stereocenters. The van der Waals surface area contributed by atoms with Crippen LogP contribution in [0, 0.1) is 0 Å². The van der Waals surface area contributed by atoms with Gasteiger partial charge in [0.2, 0.25) is 0 Å². The molecule has 1 aliphatic rings. The first-order valence-electron chi connectivity index (χ1n) is 8.91. The van der Waals surface area contributed by atoms with E-state index in [1.807, 2.05) is 11.8 Å². The number of allylic oxidation sites excluding steroid dienone is 1. The number of benzene rings is 3. The molecular formula is C24H22OS. The van der Waals surface area contributed by atoms with Crippen LogP contribution in [0.5, 0.6) is 5.75 Å². The Morgan fingerprint density at radius 1 is 0.808 bits per heavy atom. The topological polar surface area (TPSA) is 9.23 Å². The van der Waals surface area contributed by atoms with Gasteiger partial charge in [0.25, 0.3) is 0 Å². The van der Waals surface area contributed by atoms with E-state index in [1.54, 1.807) is 7.11 Å². The molecule has 0 spiro atoms. The van der Waals surface area contributed by atoms with Gasteiger partial charge in [0.05, 0.1) is 11.9 Å². The van der Waals surface area contributed by atoms with Crippen molar-refractivity contribution < 1.29 is 4.74 Å². The molecule has 0 saturated carbocycles. The van der Waals surface area contributed by atoms with E-state index in [0.717, 1.165) is 12.2 Å². The Labute approximate surface area is 159 Å². The Bertz CT molecular complexity index is 830. The van der Waals surface area contributed by atoms with Crippen molar-refractivity contribution in [3.63, 3.8) is 0 Å². The first-order chi connectivity index (χ1) is 12.8. The molecule has 1 unspecified atom stereocenters. The number of rotatable bonds is 4. The zero-order chi connectivity index (χ0) is 17.8. The van der Waals surface area contributed by atoms with Gasteiger partial charge in [-0.15, -0.1) is 11.8 Å². The minimum Gasteiger partial charge on any atom is -0.497 e. The molecule has 26 heavy (non-hydrogen) atoms. The second-order valence-electron chi connectivity index (χ2n) is 6.59. The SMILES string of the molecule is COc1ccc(C2C=CSC(c3ccccc3)(c3ccccc3)C2)cc1. The molecule has 0 bridgehead atoms. The largest absolute Gasteiger partial charge is 0.497 e. The van der Waals surface area contributed by atoms with Crippen LogP contribution in [-0.4, -0.2) is 7.11 Å². The van der Waals surface area contributed by atoms with Gasteiger partial charge >= 0.3 is 0 Å². The van der Waals surface area contributed by atoms with Gasteiger partial charge in [-0.05, 0) is 40.7 Å². The van der Waals surface area contributed by atoms with Crippen LogP contribution in [0.1, 0.15) is 29.0 Å². The summed E-state index contributed by atoms with van der Waals surface area (Å²) in [6.07, 6.45) is 3.37. The number of ether oxygens (including phenoxy) is 1. The highest BCUT2D eigenvalue weighted by Gasteiger charge is 2.38. The number of hydrogen-bond acceptors (Lipinski definition) is 2.